The van der Waals surface area contributed by atoms with Crippen LogP contribution in [0.2, 0.25) is 0 Å². The molecule has 140 valence electrons. The smallest absolute Gasteiger partial charge is 0.406 e. The highest BCUT2D eigenvalue weighted by Gasteiger charge is 2.47. The average Bonchev–Trinajstić information content (AvgIpc) is 2.51. The summed E-state index contributed by atoms with van der Waals surface area (Å²) in [6, 6.07) is 4.32. The molecule has 9 heteroatoms. The van der Waals surface area contributed by atoms with E-state index in [1.54, 1.807) is 7.11 Å². The summed E-state index contributed by atoms with van der Waals surface area (Å²) in [5, 5.41) is 0. The van der Waals surface area contributed by atoms with Crippen molar-refractivity contribution >= 4 is 10.0 Å². The number of alkyl halides is 3. The fourth-order valence-corrected chi connectivity index (χ4v) is 5.09. The Balaban J connectivity index is 1.64. The number of nitrogens with zero attached hydrogens (tertiary/aromatic N) is 1. The summed E-state index contributed by atoms with van der Waals surface area (Å²) < 4.78 is 72.3. The van der Waals surface area contributed by atoms with Crippen LogP contribution in [-0.4, -0.2) is 45.4 Å². The lowest BCUT2D eigenvalue weighted by Gasteiger charge is -2.51. The summed E-state index contributed by atoms with van der Waals surface area (Å²) in [4.78, 5) is -0.0265. The first-order chi connectivity index (χ1) is 11.6. The molecule has 0 radical (unpaired) electrons. The first kappa shape index (κ1) is 18.5. The minimum Gasteiger partial charge on any atom is -0.406 e. The normalized spacial score (nSPS) is 21.9. The monoisotopic (exact) mass is 379 g/mol. The lowest BCUT2D eigenvalue weighted by Crippen LogP contribution is -2.50. The predicted octanol–water partition coefficient (Wildman–Crippen LogP) is 3.16. The number of halogens is 3. The van der Waals surface area contributed by atoms with E-state index >= 15 is 0 Å². The molecule has 2 fully saturated rings. The van der Waals surface area contributed by atoms with Gasteiger partial charge < -0.3 is 9.47 Å². The molecule has 3 rings (SSSR count). The van der Waals surface area contributed by atoms with E-state index < -0.39 is 22.1 Å². The molecular weight excluding hydrogens is 359 g/mol. The van der Waals surface area contributed by atoms with Gasteiger partial charge in [0, 0.05) is 20.2 Å². The van der Waals surface area contributed by atoms with Crippen LogP contribution in [0.3, 0.4) is 0 Å². The van der Waals surface area contributed by atoms with Gasteiger partial charge in [-0.05, 0) is 55.4 Å². The summed E-state index contributed by atoms with van der Waals surface area (Å²) in [5.41, 5.74) is 0.178. The van der Waals surface area contributed by atoms with Crippen LogP contribution < -0.4 is 4.74 Å². The summed E-state index contributed by atoms with van der Waals surface area (Å²) in [6.07, 6.45) is -1.06. The summed E-state index contributed by atoms with van der Waals surface area (Å²) >= 11 is 0. The van der Waals surface area contributed by atoms with Crippen molar-refractivity contribution in [3.8, 4) is 5.75 Å². The molecule has 1 aliphatic heterocycles. The summed E-state index contributed by atoms with van der Waals surface area (Å²) in [6.45, 7) is 0.832. The third-order valence-corrected chi connectivity index (χ3v) is 7.05. The van der Waals surface area contributed by atoms with Crippen LogP contribution >= 0.6 is 0 Å². The average molecular weight is 379 g/mol. The second-order valence-corrected chi connectivity index (χ2v) is 8.63. The Labute approximate surface area is 144 Å². The van der Waals surface area contributed by atoms with Crippen LogP contribution in [0, 0.1) is 5.41 Å². The minimum absolute atomic E-state index is 0.0265. The van der Waals surface area contributed by atoms with Gasteiger partial charge in [0.15, 0.2) is 0 Å². The molecule has 0 aromatic heterocycles. The molecule has 5 nitrogen and oxygen atoms in total. The van der Waals surface area contributed by atoms with Gasteiger partial charge in [0.2, 0.25) is 10.0 Å². The number of benzene rings is 1. The quantitative estimate of drug-likeness (QED) is 0.806. The third-order valence-electron chi connectivity index (χ3n) is 5.13. The topological polar surface area (TPSA) is 55.8 Å². The Bertz CT molecular complexity index is 702. The lowest BCUT2D eigenvalue weighted by molar-refractivity contribution is -0.274. The largest absolute Gasteiger partial charge is 0.573 e. The molecule has 0 unspecified atom stereocenters. The molecule has 25 heavy (non-hydrogen) atoms. The number of methoxy groups -OCH3 is 1. The van der Waals surface area contributed by atoms with E-state index in [-0.39, 0.29) is 16.4 Å². The summed E-state index contributed by atoms with van der Waals surface area (Å²) in [7, 11) is -2.03. The first-order valence-corrected chi connectivity index (χ1v) is 9.46. The maximum absolute atomic E-state index is 12.7. The lowest BCUT2D eigenvalue weighted by atomic mass is 9.62. The molecule has 2 aliphatic rings. The van der Waals surface area contributed by atoms with Crippen LogP contribution in [-0.2, 0) is 14.8 Å². The van der Waals surface area contributed by atoms with Crippen LogP contribution in [0.25, 0.3) is 0 Å². The Morgan fingerprint density at radius 3 is 2.16 bits per heavy atom. The van der Waals surface area contributed by atoms with Gasteiger partial charge in [-0.15, -0.1) is 13.2 Å². The van der Waals surface area contributed by atoms with Crippen LogP contribution in [0.5, 0.6) is 5.75 Å². The molecule has 1 saturated heterocycles. The number of ether oxygens (including phenoxy) is 2. The van der Waals surface area contributed by atoms with E-state index in [0.717, 1.165) is 49.9 Å². The summed E-state index contributed by atoms with van der Waals surface area (Å²) in [5.74, 6) is -0.441. The SMILES string of the molecule is COC1CC2(CCN(S(=O)(=O)c3ccc(OC(F)(F)F)cc3)CC2)C1. The van der Waals surface area contributed by atoms with Crippen molar-refractivity contribution in [1.29, 1.82) is 0 Å². The van der Waals surface area contributed by atoms with Crippen LogP contribution in [0.1, 0.15) is 25.7 Å². The van der Waals surface area contributed by atoms with Gasteiger partial charge in [0.1, 0.15) is 5.75 Å². The van der Waals surface area contributed by atoms with Crippen molar-refractivity contribution in [3.05, 3.63) is 24.3 Å². The van der Waals surface area contributed by atoms with Crippen molar-refractivity contribution < 1.29 is 31.1 Å². The number of rotatable bonds is 4. The molecule has 1 aromatic carbocycles. The highest BCUT2D eigenvalue weighted by Crippen LogP contribution is 2.50. The highest BCUT2D eigenvalue weighted by atomic mass is 32.2. The Morgan fingerprint density at radius 1 is 1.12 bits per heavy atom. The van der Waals surface area contributed by atoms with Crippen molar-refractivity contribution in [3.63, 3.8) is 0 Å². The van der Waals surface area contributed by atoms with Crippen molar-refractivity contribution in [2.75, 3.05) is 20.2 Å². The fourth-order valence-electron chi connectivity index (χ4n) is 3.64. The van der Waals surface area contributed by atoms with E-state index in [9.17, 15) is 21.6 Å². The second-order valence-electron chi connectivity index (χ2n) is 6.69. The molecule has 1 aromatic rings. The number of sulfonamides is 1. The van der Waals surface area contributed by atoms with Crippen molar-refractivity contribution in [2.24, 2.45) is 5.41 Å². The zero-order valence-electron chi connectivity index (χ0n) is 13.8. The highest BCUT2D eigenvalue weighted by molar-refractivity contribution is 7.89. The Hall–Kier alpha value is -1.32. The zero-order chi connectivity index (χ0) is 18.3. The maximum Gasteiger partial charge on any atom is 0.573 e. The van der Waals surface area contributed by atoms with Crippen molar-refractivity contribution in [2.45, 2.75) is 43.0 Å². The van der Waals surface area contributed by atoms with E-state index in [1.165, 1.54) is 4.31 Å². The molecule has 1 aliphatic carbocycles. The van der Waals surface area contributed by atoms with Gasteiger partial charge in [-0.3, -0.25) is 0 Å². The molecule has 0 atom stereocenters. The number of piperidine rings is 1. The van der Waals surface area contributed by atoms with Gasteiger partial charge >= 0.3 is 6.36 Å². The first-order valence-electron chi connectivity index (χ1n) is 8.02. The minimum atomic E-state index is -4.80. The molecule has 1 spiro atoms. The van der Waals surface area contributed by atoms with E-state index in [1.807, 2.05) is 0 Å². The van der Waals surface area contributed by atoms with E-state index in [2.05, 4.69) is 4.74 Å². The molecule has 0 amide bonds. The van der Waals surface area contributed by atoms with Crippen LogP contribution in [0.4, 0.5) is 13.2 Å². The van der Waals surface area contributed by atoms with Gasteiger partial charge in [-0.1, -0.05) is 0 Å². The number of hydrogen-bond acceptors (Lipinski definition) is 4. The van der Waals surface area contributed by atoms with Gasteiger partial charge in [0.05, 0.1) is 11.0 Å². The molecular formula is C16H20F3NO4S. The maximum atomic E-state index is 12.7. The fraction of sp³-hybridized carbons (Fsp3) is 0.625. The van der Waals surface area contributed by atoms with E-state index in [4.69, 9.17) is 4.74 Å². The number of hydrogen-bond donors (Lipinski definition) is 0. The molecule has 0 N–H and O–H groups in total. The van der Waals surface area contributed by atoms with Gasteiger partial charge in [-0.2, -0.15) is 4.31 Å². The van der Waals surface area contributed by atoms with Crippen LogP contribution in [0.15, 0.2) is 29.2 Å². The standard InChI is InChI=1S/C16H20F3NO4S/c1-23-13-10-15(11-13)6-8-20(9-7-15)25(21,22)14-4-2-12(3-5-14)24-16(17,18)19/h2-5,13H,6-11H2,1H3. The Kier molecular flexibility index (Phi) is 4.76. The second kappa shape index (κ2) is 6.44. The zero-order valence-corrected chi connectivity index (χ0v) is 14.6. The molecule has 1 heterocycles. The predicted molar refractivity (Wildman–Crippen MR) is 83.6 cm³/mol. The van der Waals surface area contributed by atoms with Gasteiger partial charge in [-0.25, -0.2) is 8.42 Å². The third kappa shape index (κ3) is 3.93. The molecule has 0 bridgehead atoms. The van der Waals surface area contributed by atoms with E-state index in [0.29, 0.717) is 13.1 Å². The van der Waals surface area contributed by atoms with Gasteiger partial charge in [0.25, 0.3) is 0 Å². The Morgan fingerprint density at radius 2 is 1.68 bits per heavy atom. The molecule has 1 saturated carbocycles. The van der Waals surface area contributed by atoms with Crippen molar-refractivity contribution in [1.82, 2.24) is 4.31 Å².